The average molecular weight is 321 g/mol. The maximum absolute atomic E-state index is 12.5. The summed E-state index contributed by atoms with van der Waals surface area (Å²) < 4.78 is 0. The molecule has 1 aliphatic heterocycles. The molecule has 0 radical (unpaired) electrons. The number of carbonyl (C=O) groups is 2. The van der Waals surface area contributed by atoms with Crippen molar-refractivity contribution in [2.24, 2.45) is 0 Å². The van der Waals surface area contributed by atoms with Crippen LogP contribution in [-0.2, 0) is 4.79 Å². The Bertz CT molecular complexity index is 610. The smallest absolute Gasteiger partial charge is 0.264 e. The van der Waals surface area contributed by atoms with E-state index < -0.39 is 6.04 Å². The Morgan fingerprint density at radius 1 is 1.29 bits per heavy atom. The zero-order valence-electron chi connectivity index (χ0n) is 11.3. The third-order valence-corrected chi connectivity index (χ3v) is 5.01. The number of nitrogens with zero attached hydrogens (tertiary/aromatic N) is 2. The minimum absolute atomic E-state index is 0.0519. The summed E-state index contributed by atoms with van der Waals surface area (Å²) in [6, 6.07) is 3.25. The van der Waals surface area contributed by atoms with Crippen LogP contribution < -0.4 is 5.32 Å². The number of rotatable bonds is 3. The lowest BCUT2D eigenvalue weighted by Crippen LogP contribution is -2.49. The second-order valence-electron chi connectivity index (χ2n) is 4.81. The summed E-state index contributed by atoms with van der Waals surface area (Å²) in [5.41, 5.74) is 0. The molecule has 0 unspecified atom stereocenters. The van der Waals surface area contributed by atoms with Gasteiger partial charge in [0.05, 0.1) is 4.88 Å². The van der Waals surface area contributed by atoms with Crippen LogP contribution in [0.4, 0.5) is 5.13 Å². The maximum atomic E-state index is 12.5. The Labute approximate surface area is 130 Å². The van der Waals surface area contributed by atoms with Gasteiger partial charge in [0.2, 0.25) is 5.91 Å². The molecule has 0 saturated carbocycles. The predicted octanol–water partition coefficient (Wildman–Crippen LogP) is 2.84. The van der Waals surface area contributed by atoms with Crippen molar-refractivity contribution in [3.63, 3.8) is 0 Å². The molecular formula is C14H15N3O2S2. The minimum atomic E-state index is -0.405. The number of thiophene rings is 1. The van der Waals surface area contributed by atoms with Crippen molar-refractivity contribution in [1.29, 1.82) is 0 Å². The summed E-state index contributed by atoms with van der Waals surface area (Å²) in [7, 11) is 0. The molecule has 2 amide bonds. The SMILES string of the molecule is O=C(Nc1nccs1)[C@@H]1CCCCN1C(=O)c1cccs1. The maximum Gasteiger partial charge on any atom is 0.264 e. The van der Waals surface area contributed by atoms with Crippen molar-refractivity contribution >= 4 is 39.6 Å². The van der Waals surface area contributed by atoms with E-state index in [9.17, 15) is 9.59 Å². The first-order valence-electron chi connectivity index (χ1n) is 6.80. The highest BCUT2D eigenvalue weighted by atomic mass is 32.1. The zero-order valence-corrected chi connectivity index (χ0v) is 13.0. The summed E-state index contributed by atoms with van der Waals surface area (Å²) in [6.45, 7) is 0.632. The first-order valence-corrected chi connectivity index (χ1v) is 8.56. The van der Waals surface area contributed by atoms with Gasteiger partial charge in [-0.05, 0) is 30.7 Å². The summed E-state index contributed by atoms with van der Waals surface area (Å²) in [4.78, 5) is 31.4. The molecule has 110 valence electrons. The lowest BCUT2D eigenvalue weighted by atomic mass is 10.0. The van der Waals surface area contributed by atoms with Crippen molar-refractivity contribution in [1.82, 2.24) is 9.88 Å². The van der Waals surface area contributed by atoms with Crippen LogP contribution in [-0.4, -0.2) is 34.3 Å². The molecule has 1 fully saturated rings. The number of nitrogens with one attached hydrogen (secondary N) is 1. The van der Waals surface area contributed by atoms with Gasteiger partial charge in [-0.1, -0.05) is 6.07 Å². The third kappa shape index (κ3) is 3.14. The van der Waals surface area contributed by atoms with Crippen LogP contribution in [0.15, 0.2) is 29.1 Å². The highest BCUT2D eigenvalue weighted by molar-refractivity contribution is 7.13. The molecule has 2 aromatic heterocycles. The first kappa shape index (κ1) is 14.2. The Hall–Kier alpha value is -1.73. The topological polar surface area (TPSA) is 62.3 Å². The number of amides is 2. The fourth-order valence-electron chi connectivity index (χ4n) is 2.46. The number of aromatic nitrogens is 1. The van der Waals surface area contributed by atoms with Crippen LogP contribution in [0.3, 0.4) is 0 Å². The van der Waals surface area contributed by atoms with Gasteiger partial charge in [0.1, 0.15) is 6.04 Å². The summed E-state index contributed by atoms with van der Waals surface area (Å²) in [5.74, 6) is -0.196. The molecule has 0 bridgehead atoms. The summed E-state index contributed by atoms with van der Waals surface area (Å²) in [6.07, 6.45) is 4.26. The number of hydrogen-bond acceptors (Lipinski definition) is 5. The van der Waals surface area contributed by atoms with E-state index in [2.05, 4.69) is 10.3 Å². The lowest BCUT2D eigenvalue weighted by molar-refractivity contribution is -0.121. The molecule has 3 rings (SSSR count). The van der Waals surface area contributed by atoms with Gasteiger partial charge >= 0.3 is 0 Å². The molecule has 3 heterocycles. The van der Waals surface area contributed by atoms with E-state index in [0.717, 1.165) is 12.8 Å². The van der Waals surface area contributed by atoms with Crippen molar-refractivity contribution in [2.75, 3.05) is 11.9 Å². The molecule has 1 N–H and O–H groups in total. The highest BCUT2D eigenvalue weighted by Crippen LogP contribution is 2.23. The number of hydrogen-bond donors (Lipinski definition) is 1. The van der Waals surface area contributed by atoms with Gasteiger partial charge in [0.15, 0.2) is 5.13 Å². The van der Waals surface area contributed by atoms with E-state index in [0.29, 0.717) is 23.0 Å². The van der Waals surface area contributed by atoms with Gasteiger partial charge in [0.25, 0.3) is 5.91 Å². The zero-order chi connectivity index (χ0) is 14.7. The summed E-state index contributed by atoms with van der Waals surface area (Å²) >= 11 is 2.79. The van der Waals surface area contributed by atoms with E-state index in [1.807, 2.05) is 16.8 Å². The first-order chi connectivity index (χ1) is 10.3. The molecular weight excluding hydrogens is 306 g/mol. The van der Waals surface area contributed by atoms with Crippen LogP contribution in [0.25, 0.3) is 0 Å². The number of likely N-dealkylation sites (tertiary alicyclic amines) is 1. The van der Waals surface area contributed by atoms with Gasteiger partial charge < -0.3 is 10.2 Å². The van der Waals surface area contributed by atoms with Gasteiger partial charge in [-0.15, -0.1) is 22.7 Å². The van der Waals surface area contributed by atoms with Crippen LogP contribution in [0.1, 0.15) is 28.9 Å². The summed E-state index contributed by atoms with van der Waals surface area (Å²) in [5, 5.41) is 7.07. The Morgan fingerprint density at radius 2 is 2.19 bits per heavy atom. The second-order valence-corrected chi connectivity index (χ2v) is 6.66. The minimum Gasteiger partial charge on any atom is -0.326 e. The Kier molecular flexibility index (Phi) is 4.31. The van der Waals surface area contributed by atoms with Gasteiger partial charge in [0, 0.05) is 18.1 Å². The van der Waals surface area contributed by atoms with E-state index in [4.69, 9.17) is 0 Å². The van der Waals surface area contributed by atoms with Crippen LogP contribution in [0, 0.1) is 0 Å². The predicted molar refractivity (Wildman–Crippen MR) is 83.7 cm³/mol. The highest BCUT2D eigenvalue weighted by Gasteiger charge is 2.33. The number of piperidine rings is 1. The van der Waals surface area contributed by atoms with Gasteiger partial charge in [-0.25, -0.2) is 4.98 Å². The van der Waals surface area contributed by atoms with Crippen LogP contribution in [0.2, 0.25) is 0 Å². The number of carbonyl (C=O) groups excluding carboxylic acids is 2. The molecule has 0 aliphatic carbocycles. The van der Waals surface area contributed by atoms with E-state index in [1.54, 1.807) is 17.2 Å². The molecule has 0 spiro atoms. The molecule has 1 saturated heterocycles. The molecule has 0 aromatic carbocycles. The van der Waals surface area contributed by atoms with E-state index in [-0.39, 0.29) is 11.8 Å². The molecule has 21 heavy (non-hydrogen) atoms. The molecule has 1 aliphatic rings. The largest absolute Gasteiger partial charge is 0.326 e. The standard InChI is InChI=1S/C14H15N3O2S2/c18-12(16-14-15-6-9-21-14)10-4-1-2-7-17(10)13(19)11-5-3-8-20-11/h3,5-6,8-10H,1-2,4,7H2,(H,15,16,18)/t10-/m0/s1. The van der Waals surface area contributed by atoms with Crippen molar-refractivity contribution in [2.45, 2.75) is 25.3 Å². The van der Waals surface area contributed by atoms with Crippen LogP contribution >= 0.6 is 22.7 Å². The van der Waals surface area contributed by atoms with Gasteiger partial charge in [-0.2, -0.15) is 0 Å². The fraction of sp³-hybridized carbons (Fsp3) is 0.357. The average Bonchev–Trinajstić information content (AvgIpc) is 3.19. The molecule has 2 aromatic rings. The Morgan fingerprint density at radius 3 is 2.90 bits per heavy atom. The van der Waals surface area contributed by atoms with E-state index in [1.165, 1.54) is 22.7 Å². The Balaban J connectivity index is 1.75. The normalized spacial score (nSPS) is 18.5. The van der Waals surface area contributed by atoms with Crippen molar-refractivity contribution < 1.29 is 9.59 Å². The lowest BCUT2D eigenvalue weighted by Gasteiger charge is -2.34. The van der Waals surface area contributed by atoms with Crippen LogP contribution in [0.5, 0.6) is 0 Å². The van der Waals surface area contributed by atoms with Crippen molar-refractivity contribution in [3.05, 3.63) is 34.0 Å². The molecule has 1 atom stereocenters. The number of thiazole rings is 1. The van der Waals surface area contributed by atoms with Gasteiger partial charge in [-0.3, -0.25) is 9.59 Å². The molecule has 7 heteroatoms. The quantitative estimate of drug-likeness (QED) is 0.945. The van der Waals surface area contributed by atoms with E-state index >= 15 is 0 Å². The third-order valence-electron chi connectivity index (χ3n) is 3.46. The second kappa shape index (κ2) is 6.36. The number of anilines is 1. The van der Waals surface area contributed by atoms with Crippen molar-refractivity contribution in [3.8, 4) is 0 Å². The molecule has 5 nitrogen and oxygen atoms in total. The monoisotopic (exact) mass is 321 g/mol. The fourth-order valence-corrected chi connectivity index (χ4v) is 3.67.